The van der Waals surface area contributed by atoms with E-state index in [0.717, 1.165) is 0 Å². The third kappa shape index (κ3) is 2.01. The van der Waals surface area contributed by atoms with E-state index in [1.807, 2.05) is 0 Å². The summed E-state index contributed by atoms with van der Waals surface area (Å²) in [4.78, 5) is 5.16. The third-order valence-corrected chi connectivity index (χ3v) is 2.74. The summed E-state index contributed by atoms with van der Waals surface area (Å²) in [5.74, 6) is -1.19. The molecular formula is C9H19NO5. The van der Waals surface area contributed by atoms with Gasteiger partial charge in [-0.2, -0.15) is 0 Å². The molecule has 0 bridgehead atoms. The molecule has 0 aromatic carbocycles. The molecule has 1 rings (SSSR count). The van der Waals surface area contributed by atoms with Gasteiger partial charge in [0.05, 0.1) is 13.2 Å². The Morgan fingerprint density at radius 2 is 1.80 bits per heavy atom. The predicted molar refractivity (Wildman–Crippen MR) is 51.9 cm³/mol. The van der Waals surface area contributed by atoms with Gasteiger partial charge in [-0.05, 0) is 6.42 Å². The Bertz CT molecular complexity index is 197. The molecular weight excluding hydrogens is 202 g/mol. The van der Waals surface area contributed by atoms with Crippen molar-refractivity contribution in [3.63, 3.8) is 0 Å². The summed E-state index contributed by atoms with van der Waals surface area (Å²) >= 11 is 0. The van der Waals surface area contributed by atoms with E-state index in [1.165, 1.54) is 33.5 Å². The number of hydroxylamine groups is 2. The molecule has 1 saturated heterocycles. The molecule has 1 N–H and O–H groups in total. The second-order valence-electron chi connectivity index (χ2n) is 3.34. The van der Waals surface area contributed by atoms with E-state index in [4.69, 9.17) is 19.0 Å². The Morgan fingerprint density at radius 3 is 2.20 bits per heavy atom. The predicted octanol–water partition coefficient (Wildman–Crippen LogP) is -0.424. The molecule has 2 unspecified atom stereocenters. The van der Waals surface area contributed by atoms with E-state index in [2.05, 4.69) is 0 Å². The zero-order valence-corrected chi connectivity index (χ0v) is 9.60. The number of ether oxygens (including phenoxy) is 3. The van der Waals surface area contributed by atoms with Crippen LogP contribution in [-0.2, 0) is 19.0 Å². The van der Waals surface area contributed by atoms with E-state index in [-0.39, 0.29) is 0 Å². The molecule has 0 aliphatic carbocycles. The Morgan fingerprint density at radius 1 is 1.20 bits per heavy atom. The number of hydrogen-bond donors (Lipinski definition) is 1. The van der Waals surface area contributed by atoms with Crippen molar-refractivity contribution in [2.45, 2.75) is 24.5 Å². The Labute approximate surface area is 89.6 Å². The Balaban J connectivity index is 2.96. The maximum atomic E-state index is 9.81. The maximum absolute atomic E-state index is 9.81. The Hall–Kier alpha value is -0.240. The van der Waals surface area contributed by atoms with Crippen LogP contribution in [0.4, 0.5) is 0 Å². The quantitative estimate of drug-likeness (QED) is 0.650. The van der Waals surface area contributed by atoms with Crippen molar-refractivity contribution in [1.29, 1.82) is 0 Å². The maximum Gasteiger partial charge on any atom is 0.281 e. The van der Waals surface area contributed by atoms with Crippen LogP contribution in [0.5, 0.6) is 0 Å². The van der Waals surface area contributed by atoms with Gasteiger partial charge in [-0.3, -0.25) is 4.84 Å². The molecule has 6 nitrogen and oxygen atoms in total. The van der Waals surface area contributed by atoms with Crippen LogP contribution in [0.15, 0.2) is 0 Å². The lowest BCUT2D eigenvalue weighted by atomic mass is 10.0. The largest absolute Gasteiger partial charge is 0.390 e. The highest BCUT2D eigenvalue weighted by molar-refractivity contribution is 4.88. The zero-order valence-electron chi connectivity index (χ0n) is 9.60. The molecule has 0 amide bonds. The molecule has 15 heavy (non-hydrogen) atoms. The lowest BCUT2D eigenvalue weighted by Gasteiger charge is -2.48. The highest BCUT2D eigenvalue weighted by Crippen LogP contribution is 2.32. The summed E-state index contributed by atoms with van der Waals surface area (Å²) in [5.41, 5.74) is 0. The highest BCUT2D eigenvalue weighted by Gasteiger charge is 2.53. The van der Waals surface area contributed by atoms with Crippen LogP contribution in [0.25, 0.3) is 0 Å². The van der Waals surface area contributed by atoms with Crippen LogP contribution >= 0.6 is 0 Å². The fourth-order valence-electron chi connectivity index (χ4n) is 1.99. The minimum Gasteiger partial charge on any atom is -0.390 e. The molecule has 0 saturated carbocycles. The molecule has 0 radical (unpaired) electrons. The lowest BCUT2D eigenvalue weighted by Crippen LogP contribution is -2.67. The van der Waals surface area contributed by atoms with E-state index in [9.17, 15) is 5.11 Å². The molecule has 0 aromatic heterocycles. The lowest BCUT2D eigenvalue weighted by molar-refractivity contribution is -0.438. The second-order valence-corrected chi connectivity index (χ2v) is 3.34. The molecule has 6 heteroatoms. The molecule has 90 valence electrons. The number of aliphatic hydroxyl groups is 1. The number of hydrogen-bond acceptors (Lipinski definition) is 6. The Kier molecular flexibility index (Phi) is 4.45. The summed E-state index contributed by atoms with van der Waals surface area (Å²) in [5, 5.41) is 11.3. The van der Waals surface area contributed by atoms with Gasteiger partial charge in [-0.1, -0.05) is 0 Å². The van der Waals surface area contributed by atoms with E-state index in [1.54, 1.807) is 0 Å². The topological polar surface area (TPSA) is 60.4 Å². The van der Waals surface area contributed by atoms with Gasteiger partial charge in [-0.15, -0.1) is 5.06 Å². The van der Waals surface area contributed by atoms with Gasteiger partial charge < -0.3 is 19.3 Å². The number of methoxy groups -OCH3 is 3. The summed E-state index contributed by atoms with van der Waals surface area (Å²) in [6, 6.07) is 0. The van der Waals surface area contributed by atoms with Gasteiger partial charge >= 0.3 is 0 Å². The first-order valence-corrected chi connectivity index (χ1v) is 4.79. The van der Waals surface area contributed by atoms with Crippen molar-refractivity contribution >= 4 is 0 Å². The van der Waals surface area contributed by atoms with Gasteiger partial charge in [0.15, 0.2) is 6.10 Å². The van der Waals surface area contributed by atoms with Gasteiger partial charge in [-0.25, -0.2) is 0 Å². The SMILES string of the molecule is COC1C(O)CCN(OC)C1(OC)OC. The summed E-state index contributed by atoms with van der Waals surface area (Å²) in [7, 11) is 6.00. The van der Waals surface area contributed by atoms with E-state index < -0.39 is 18.1 Å². The van der Waals surface area contributed by atoms with Crippen LogP contribution in [0.1, 0.15) is 6.42 Å². The van der Waals surface area contributed by atoms with E-state index in [0.29, 0.717) is 13.0 Å². The molecule has 1 heterocycles. The number of piperidine rings is 1. The molecule has 1 aliphatic rings. The van der Waals surface area contributed by atoms with Gasteiger partial charge in [0.2, 0.25) is 0 Å². The highest BCUT2D eigenvalue weighted by atomic mass is 16.8. The zero-order chi connectivity index (χ0) is 11.5. The minimum atomic E-state index is -1.19. The van der Waals surface area contributed by atoms with E-state index >= 15 is 0 Å². The monoisotopic (exact) mass is 221 g/mol. The summed E-state index contributed by atoms with van der Waals surface area (Å²) in [6.07, 6.45) is -0.705. The van der Waals surface area contributed by atoms with Crippen molar-refractivity contribution in [1.82, 2.24) is 5.06 Å². The van der Waals surface area contributed by atoms with Crippen LogP contribution in [0.2, 0.25) is 0 Å². The van der Waals surface area contributed by atoms with Gasteiger partial charge in [0.1, 0.15) is 0 Å². The molecule has 0 spiro atoms. The van der Waals surface area contributed by atoms with Crippen LogP contribution < -0.4 is 0 Å². The van der Waals surface area contributed by atoms with Crippen molar-refractivity contribution in [2.75, 3.05) is 35.0 Å². The number of aliphatic hydroxyl groups excluding tert-OH is 1. The standard InChI is InChI=1S/C9H19NO5/c1-12-8-7(11)5-6-10(15-4)9(8,13-2)14-3/h7-8,11H,5-6H2,1-4H3. The average molecular weight is 221 g/mol. The van der Waals surface area contributed by atoms with Crippen LogP contribution in [0, 0.1) is 0 Å². The normalized spacial score (nSPS) is 31.8. The average Bonchev–Trinajstić information content (AvgIpc) is 2.28. The fraction of sp³-hybridized carbons (Fsp3) is 1.00. The smallest absolute Gasteiger partial charge is 0.281 e. The van der Waals surface area contributed by atoms with Crippen LogP contribution in [-0.4, -0.2) is 63.3 Å². The number of rotatable bonds is 4. The first kappa shape index (κ1) is 12.8. The van der Waals surface area contributed by atoms with Gasteiger partial charge in [0.25, 0.3) is 5.91 Å². The molecule has 2 atom stereocenters. The molecule has 1 aliphatic heterocycles. The van der Waals surface area contributed by atoms with Crippen molar-refractivity contribution in [2.24, 2.45) is 0 Å². The third-order valence-electron chi connectivity index (χ3n) is 2.74. The fourth-order valence-corrected chi connectivity index (χ4v) is 1.99. The first-order valence-electron chi connectivity index (χ1n) is 4.79. The van der Waals surface area contributed by atoms with Gasteiger partial charge in [0, 0.05) is 27.9 Å². The van der Waals surface area contributed by atoms with Crippen LogP contribution in [0.3, 0.4) is 0 Å². The first-order chi connectivity index (χ1) is 7.16. The van der Waals surface area contributed by atoms with Crippen molar-refractivity contribution in [3.8, 4) is 0 Å². The van der Waals surface area contributed by atoms with Crippen molar-refractivity contribution < 1.29 is 24.2 Å². The summed E-state index contributed by atoms with van der Waals surface area (Å²) < 4.78 is 15.8. The molecule has 0 aromatic rings. The second kappa shape index (κ2) is 5.20. The number of nitrogens with zero attached hydrogens (tertiary/aromatic N) is 1. The minimum absolute atomic E-state index is 0.513. The summed E-state index contributed by atoms with van der Waals surface area (Å²) in [6.45, 7) is 0.513. The molecule has 1 fully saturated rings. The van der Waals surface area contributed by atoms with Crippen molar-refractivity contribution in [3.05, 3.63) is 0 Å².